The minimum absolute atomic E-state index is 0.0394. The smallest absolute Gasteiger partial charge is 0.328 e. The highest BCUT2D eigenvalue weighted by atomic mass is 16.2. The van der Waals surface area contributed by atoms with E-state index in [0.29, 0.717) is 13.1 Å². The molecule has 3 rings (SSSR count). The summed E-state index contributed by atoms with van der Waals surface area (Å²) in [5.41, 5.74) is 1.05. The largest absolute Gasteiger partial charge is 0.382 e. The van der Waals surface area contributed by atoms with Crippen molar-refractivity contribution in [2.75, 3.05) is 42.9 Å². The minimum atomic E-state index is 0.0394. The van der Waals surface area contributed by atoms with E-state index < -0.39 is 0 Å². The molecule has 1 saturated heterocycles. The lowest BCUT2D eigenvalue weighted by atomic mass is 10.3. The molecule has 22 heavy (non-hydrogen) atoms. The summed E-state index contributed by atoms with van der Waals surface area (Å²) in [6, 6.07) is 7.75. The molecule has 0 aliphatic carbocycles. The second-order valence-corrected chi connectivity index (χ2v) is 5.25. The average molecular weight is 299 g/mol. The first-order valence-electron chi connectivity index (χ1n) is 7.65. The summed E-state index contributed by atoms with van der Waals surface area (Å²) in [4.78, 5) is 20.9. The number of nitrogens with one attached hydrogen (secondary N) is 1. The molecule has 0 bridgehead atoms. The lowest BCUT2D eigenvalue weighted by Gasteiger charge is -2.36. The van der Waals surface area contributed by atoms with Crippen LogP contribution in [0.15, 0.2) is 42.9 Å². The Morgan fingerprint density at radius 2 is 1.91 bits per heavy atom. The Morgan fingerprint density at radius 3 is 2.59 bits per heavy atom. The van der Waals surface area contributed by atoms with E-state index in [9.17, 15) is 4.79 Å². The van der Waals surface area contributed by atoms with Crippen LogP contribution in [0.4, 0.5) is 16.3 Å². The van der Waals surface area contributed by atoms with Gasteiger partial charge in [0, 0.05) is 51.3 Å². The first-order valence-corrected chi connectivity index (χ1v) is 7.65. The van der Waals surface area contributed by atoms with Crippen LogP contribution in [0.2, 0.25) is 0 Å². The molecule has 0 spiro atoms. The van der Waals surface area contributed by atoms with Gasteiger partial charge in [-0.1, -0.05) is 0 Å². The van der Waals surface area contributed by atoms with Crippen molar-refractivity contribution in [3.05, 3.63) is 42.9 Å². The van der Waals surface area contributed by atoms with Crippen molar-refractivity contribution >= 4 is 17.5 Å². The maximum absolute atomic E-state index is 12.3. The topological polar surface area (TPSA) is 53.4 Å². The summed E-state index contributed by atoms with van der Waals surface area (Å²) >= 11 is 0. The Labute approximate surface area is 130 Å². The van der Waals surface area contributed by atoms with E-state index in [0.717, 1.165) is 31.1 Å². The fourth-order valence-electron chi connectivity index (χ4n) is 2.71. The van der Waals surface area contributed by atoms with Gasteiger partial charge in [0.25, 0.3) is 0 Å². The SMILES string of the molecule is CCNc1cccnc1N1CCN(C(=O)n2cccc2)CC1. The number of anilines is 2. The molecule has 0 radical (unpaired) electrons. The Bertz CT molecular complexity index is 617. The zero-order valence-electron chi connectivity index (χ0n) is 12.8. The van der Waals surface area contributed by atoms with Crippen LogP contribution in [0.1, 0.15) is 6.92 Å². The molecular formula is C16H21N5O. The van der Waals surface area contributed by atoms with Gasteiger partial charge in [-0.25, -0.2) is 9.78 Å². The molecular weight excluding hydrogens is 278 g/mol. The van der Waals surface area contributed by atoms with E-state index in [4.69, 9.17) is 0 Å². The summed E-state index contributed by atoms with van der Waals surface area (Å²) in [5, 5.41) is 3.34. The van der Waals surface area contributed by atoms with Crippen molar-refractivity contribution in [1.29, 1.82) is 0 Å². The van der Waals surface area contributed by atoms with Crippen LogP contribution in [0.25, 0.3) is 0 Å². The van der Waals surface area contributed by atoms with Crippen LogP contribution < -0.4 is 10.2 Å². The lowest BCUT2D eigenvalue weighted by molar-refractivity contribution is 0.196. The molecule has 116 valence electrons. The normalized spacial score (nSPS) is 15.0. The highest BCUT2D eigenvalue weighted by molar-refractivity contribution is 5.77. The van der Waals surface area contributed by atoms with E-state index in [1.54, 1.807) is 17.0 Å². The molecule has 0 aromatic carbocycles. The van der Waals surface area contributed by atoms with E-state index in [2.05, 4.69) is 22.1 Å². The van der Waals surface area contributed by atoms with Gasteiger partial charge >= 0.3 is 6.03 Å². The zero-order chi connectivity index (χ0) is 15.4. The fourth-order valence-corrected chi connectivity index (χ4v) is 2.71. The van der Waals surface area contributed by atoms with Crippen molar-refractivity contribution in [2.45, 2.75) is 6.92 Å². The summed E-state index contributed by atoms with van der Waals surface area (Å²) in [6.07, 6.45) is 5.39. The summed E-state index contributed by atoms with van der Waals surface area (Å²) in [7, 11) is 0. The van der Waals surface area contributed by atoms with Gasteiger partial charge in [0.05, 0.1) is 5.69 Å². The molecule has 1 aliphatic rings. The summed E-state index contributed by atoms with van der Waals surface area (Å²) in [5.74, 6) is 0.970. The van der Waals surface area contributed by atoms with Crippen LogP contribution >= 0.6 is 0 Å². The number of amides is 1. The average Bonchev–Trinajstić information content (AvgIpc) is 3.10. The first kappa shape index (κ1) is 14.4. The molecule has 1 aliphatic heterocycles. The quantitative estimate of drug-likeness (QED) is 0.943. The molecule has 1 N–H and O–H groups in total. The van der Waals surface area contributed by atoms with Crippen LogP contribution in [-0.4, -0.2) is 53.2 Å². The van der Waals surface area contributed by atoms with Crippen LogP contribution in [0.3, 0.4) is 0 Å². The Morgan fingerprint density at radius 1 is 1.18 bits per heavy atom. The number of aromatic nitrogens is 2. The van der Waals surface area contributed by atoms with Crippen LogP contribution in [0.5, 0.6) is 0 Å². The van der Waals surface area contributed by atoms with E-state index >= 15 is 0 Å². The van der Waals surface area contributed by atoms with Gasteiger partial charge in [-0.2, -0.15) is 0 Å². The number of carbonyl (C=O) groups excluding carboxylic acids is 1. The highest BCUT2D eigenvalue weighted by Gasteiger charge is 2.23. The predicted molar refractivity (Wildman–Crippen MR) is 87.4 cm³/mol. The van der Waals surface area contributed by atoms with E-state index in [-0.39, 0.29) is 6.03 Å². The third-order valence-electron chi connectivity index (χ3n) is 3.83. The van der Waals surface area contributed by atoms with Crippen molar-refractivity contribution in [2.24, 2.45) is 0 Å². The molecule has 6 nitrogen and oxygen atoms in total. The van der Waals surface area contributed by atoms with Gasteiger partial charge in [0.1, 0.15) is 0 Å². The number of piperazine rings is 1. The minimum Gasteiger partial charge on any atom is -0.382 e. The van der Waals surface area contributed by atoms with Gasteiger partial charge in [0.15, 0.2) is 5.82 Å². The summed E-state index contributed by atoms with van der Waals surface area (Å²) < 4.78 is 1.63. The number of carbonyl (C=O) groups is 1. The maximum Gasteiger partial charge on any atom is 0.328 e. The van der Waals surface area contributed by atoms with Crippen LogP contribution in [-0.2, 0) is 0 Å². The molecule has 0 saturated carbocycles. The van der Waals surface area contributed by atoms with Gasteiger partial charge in [-0.05, 0) is 31.2 Å². The van der Waals surface area contributed by atoms with Gasteiger partial charge < -0.3 is 15.1 Å². The van der Waals surface area contributed by atoms with Crippen molar-refractivity contribution in [3.8, 4) is 0 Å². The van der Waals surface area contributed by atoms with Gasteiger partial charge in [-0.3, -0.25) is 4.57 Å². The lowest BCUT2D eigenvalue weighted by Crippen LogP contribution is -2.50. The number of hydrogen-bond donors (Lipinski definition) is 1. The second-order valence-electron chi connectivity index (χ2n) is 5.25. The standard InChI is InChI=1S/C16H21N5O/c1-2-17-14-6-5-7-18-15(14)19-10-12-21(13-11-19)16(22)20-8-3-4-9-20/h3-9,17H,2,10-13H2,1H3. The molecule has 0 atom stereocenters. The third-order valence-corrected chi connectivity index (χ3v) is 3.83. The first-order chi connectivity index (χ1) is 10.8. The van der Waals surface area contributed by atoms with E-state index in [1.165, 1.54) is 0 Å². The zero-order valence-corrected chi connectivity index (χ0v) is 12.8. The molecule has 1 amide bonds. The van der Waals surface area contributed by atoms with Gasteiger partial charge in [-0.15, -0.1) is 0 Å². The Kier molecular flexibility index (Phi) is 4.27. The molecule has 2 aromatic rings. The molecule has 1 fully saturated rings. The summed E-state index contributed by atoms with van der Waals surface area (Å²) in [6.45, 7) is 5.94. The second kappa shape index (κ2) is 6.51. The number of hydrogen-bond acceptors (Lipinski definition) is 4. The Balaban J connectivity index is 1.66. The highest BCUT2D eigenvalue weighted by Crippen LogP contribution is 2.23. The number of pyridine rings is 1. The Hall–Kier alpha value is -2.50. The van der Waals surface area contributed by atoms with Crippen molar-refractivity contribution in [3.63, 3.8) is 0 Å². The van der Waals surface area contributed by atoms with Gasteiger partial charge in [0.2, 0.25) is 0 Å². The predicted octanol–water partition coefficient (Wildman–Crippen LogP) is 2.11. The van der Waals surface area contributed by atoms with Crippen molar-refractivity contribution < 1.29 is 4.79 Å². The maximum atomic E-state index is 12.3. The fraction of sp³-hybridized carbons (Fsp3) is 0.375. The molecule has 3 heterocycles. The molecule has 0 unspecified atom stereocenters. The van der Waals surface area contributed by atoms with Crippen LogP contribution in [0, 0.1) is 0 Å². The third kappa shape index (κ3) is 2.90. The number of nitrogens with zero attached hydrogens (tertiary/aromatic N) is 4. The number of rotatable bonds is 3. The molecule has 2 aromatic heterocycles. The monoisotopic (exact) mass is 299 g/mol. The van der Waals surface area contributed by atoms with Crippen molar-refractivity contribution in [1.82, 2.24) is 14.5 Å². The molecule has 6 heteroatoms. The van der Waals surface area contributed by atoms with E-state index in [1.807, 2.05) is 35.4 Å².